The average Bonchev–Trinajstić information content (AvgIpc) is 2.45. The number of nitrogens with one attached hydrogen (secondary N) is 1. The molecule has 1 unspecified atom stereocenters. The van der Waals surface area contributed by atoms with E-state index >= 15 is 0 Å². The lowest BCUT2D eigenvalue weighted by atomic mass is 10.1. The van der Waals surface area contributed by atoms with E-state index in [-0.39, 0.29) is 0 Å². The highest BCUT2D eigenvalue weighted by Crippen LogP contribution is 2.29. The first-order chi connectivity index (χ1) is 9.65. The molecule has 1 aliphatic heterocycles. The van der Waals surface area contributed by atoms with Gasteiger partial charge in [-0.05, 0) is 44.4 Å². The van der Waals surface area contributed by atoms with E-state index in [9.17, 15) is 0 Å². The predicted octanol–water partition coefficient (Wildman–Crippen LogP) is 4.91. The van der Waals surface area contributed by atoms with Gasteiger partial charge in [0, 0.05) is 17.9 Å². The third-order valence-corrected chi connectivity index (χ3v) is 3.62. The fourth-order valence-corrected chi connectivity index (χ4v) is 2.71. The van der Waals surface area contributed by atoms with Crippen LogP contribution in [0.3, 0.4) is 0 Å². The maximum atomic E-state index is 3.66. The third kappa shape index (κ3) is 3.24. The molecule has 1 aromatic carbocycles. The zero-order valence-electron chi connectivity index (χ0n) is 13.1. The molecule has 2 rings (SSSR count). The summed E-state index contributed by atoms with van der Waals surface area (Å²) in [4.78, 5) is 2.48. The van der Waals surface area contributed by atoms with Crippen LogP contribution in [0.5, 0.6) is 0 Å². The number of allylic oxidation sites excluding steroid dienone is 3. The Morgan fingerprint density at radius 2 is 2.05 bits per heavy atom. The molecule has 0 fully saturated rings. The molecule has 0 spiro atoms. The highest BCUT2D eigenvalue weighted by molar-refractivity contribution is 5.54. The van der Waals surface area contributed by atoms with Crippen molar-refractivity contribution in [3.05, 3.63) is 53.3 Å². The predicted molar refractivity (Wildman–Crippen MR) is 87.5 cm³/mol. The molecule has 0 saturated carbocycles. The van der Waals surface area contributed by atoms with Crippen molar-refractivity contribution in [3.63, 3.8) is 0 Å². The summed E-state index contributed by atoms with van der Waals surface area (Å²) in [6.45, 7) is 9.75. The lowest BCUT2D eigenvalue weighted by molar-refractivity contribution is 0.257. The molecule has 2 heteroatoms. The molecule has 1 aliphatic rings. The zero-order chi connectivity index (χ0) is 14.5. The minimum absolute atomic E-state index is 0.373. The molecule has 0 saturated heterocycles. The molecule has 1 N–H and O–H groups in total. The number of benzene rings is 1. The monoisotopic (exact) mass is 270 g/mol. The number of hydrogen-bond donors (Lipinski definition) is 1. The van der Waals surface area contributed by atoms with Gasteiger partial charge in [-0.3, -0.25) is 0 Å². The van der Waals surface area contributed by atoms with Crippen LogP contribution in [0.4, 0.5) is 5.69 Å². The molecule has 1 atom stereocenters. The van der Waals surface area contributed by atoms with E-state index in [1.54, 1.807) is 0 Å². The molecule has 1 aromatic rings. The number of anilines is 1. The van der Waals surface area contributed by atoms with Crippen molar-refractivity contribution in [2.24, 2.45) is 0 Å². The van der Waals surface area contributed by atoms with Gasteiger partial charge in [0.25, 0.3) is 0 Å². The second kappa shape index (κ2) is 6.65. The van der Waals surface area contributed by atoms with Crippen LogP contribution < -0.4 is 5.32 Å². The van der Waals surface area contributed by atoms with Gasteiger partial charge in [0.2, 0.25) is 0 Å². The lowest BCUT2D eigenvalue weighted by Gasteiger charge is -2.40. The van der Waals surface area contributed by atoms with Crippen LogP contribution in [0.25, 0.3) is 0 Å². The second-order valence-electron chi connectivity index (χ2n) is 5.61. The molecule has 1 heterocycles. The van der Waals surface area contributed by atoms with Gasteiger partial charge in [0.15, 0.2) is 0 Å². The van der Waals surface area contributed by atoms with E-state index in [2.05, 4.69) is 74.3 Å². The van der Waals surface area contributed by atoms with Crippen LogP contribution in [-0.2, 0) is 6.54 Å². The van der Waals surface area contributed by atoms with E-state index in [1.807, 2.05) is 0 Å². The van der Waals surface area contributed by atoms with Gasteiger partial charge >= 0.3 is 0 Å². The largest absolute Gasteiger partial charge is 0.365 e. The SMILES string of the molecule is CC/C=C(\C=C(C)C)N1Cc2ccccc2NC1CC. The quantitative estimate of drug-likeness (QED) is 0.782. The first-order valence-corrected chi connectivity index (χ1v) is 7.61. The van der Waals surface area contributed by atoms with E-state index in [0.717, 1.165) is 19.4 Å². The number of para-hydroxylation sites is 1. The minimum atomic E-state index is 0.373. The van der Waals surface area contributed by atoms with E-state index in [1.165, 1.54) is 22.5 Å². The molecular formula is C18H26N2. The van der Waals surface area contributed by atoms with Crippen molar-refractivity contribution in [3.8, 4) is 0 Å². The Morgan fingerprint density at radius 3 is 2.70 bits per heavy atom. The number of rotatable bonds is 4. The molecule has 108 valence electrons. The summed E-state index contributed by atoms with van der Waals surface area (Å²) in [5, 5.41) is 3.66. The molecule has 20 heavy (non-hydrogen) atoms. The number of nitrogens with zero attached hydrogens (tertiary/aromatic N) is 1. The molecular weight excluding hydrogens is 244 g/mol. The van der Waals surface area contributed by atoms with Crippen LogP contribution in [0.1, 0.15) is 46.1 Å². The van der Waals surface area contributed by atoms with Crippen molar-refractivity contribution in [2.75, 3.05) is 5.32 Å². The van der Waals surface area contributed by atoms with Gasteiger partial charge in [-0.15, -0.1) is 0 Å². The summed E-state index contributed by atoms with van der Waals surface area (Å²) < 4.78 is 0. The standard InChI is InChI=1S/C18H26N2/c1-5-9-16(12-14(3)4)20-13-15-10-7-8-11-17(15)19-18(20)6-2/h7-12,18-19H,5-6,13H2,1-4H3/b16-9+. The average molecular weight is 270 g/mol. The summed E-state index contributed by atoms with van der Waals surface area (Å²) >= 11 is 0. The van der Waals surface area contributed by atoms with Crippen molar-refractivity contribution < 1.29 is 0 Å². The van der Waals surface area contributed by atoms with E-state index in [0.29, 0.717) is 6.17 Å². The molecule has 0 aliphatic carbocycles. The smallest absolute Gasteiger partial charge is 0.0990 e. The van der Waals surface area contributed by atoms with Crippen LogP contribution in [-0.4, -0.2) is 11.1 Å². The van der Waals surface area contributed by atoms with Gasteiger partial charge in [-0.25, -0.2) is 0 Å². The van der Waals surface area contributed by atoms with Crippen molar-refractivity contribution in [1.29, 1.82) is 0 Å². The Hall–Kier alpha value is -1.70. The van der Waals surface area contributed by atoms with Crippen molar-refractivity contribution in [2.45, 2.75) is 53.2 Å². The lowest BCUT2D eigenvalue weighted by Crippen LogP contribution is -2.42. The summed E-state index contributed by atoms with van der Waals surface area (Å²) in [7, 11) is 0. The van der Waals surface area contributed by atoms with Gasteiger partial charge in [0.1, 0.15) is 0 Å². The maximum absolute atomic E-state index is 3.66. The van der Waals surface area contributed by atoms with Crippen LogP contribution in [0.2, 0.25) is 0 Å². The fourth-order valence-electron chi connectivity index (χ4n) is 2.71. The number of hydrogen-bond acceptors (Lipinski definition) is 2. The Kier molecular flexibility index (Phi) is 4.89. The van der Waals surface area contributed by atoms with Crippen LogP contribution in [0.15, 0.2) is 47.7 Å². The molecule has 0 bridgehead atoms. The summed E-state index contributed by atoms with van der Waals surface area (Å²) in [6.07, 6.45) is 7.14. The Morgan fingerprint density at radius 1 is 1.30 bits per heavy atom. The molecule has 0 amide bonds. The van der Waals surface area contributed by atoms with Gasteiger partial charge in [0.05, 0.1) is 6.17 Å². The summed E-state index contributed by atoms with van der Waals surface area (Å²) in [5.74, 6) is 0. The fraction of sp³-hybridized carbons (Fsp3) is 0.444. The minimum Gasteiger partial charge on any atom is -0.365 e. The van der Waals surface area contributed by atoms with Gasteiger partial charge in [-0.1, -0.05) is 43.7 Å². The van der Waals surface area contributed by atoms with E-state index < -0.39 is 0 Å². The highest BCUT2D eigenvalue weighted by Gasteiger charge is 2.24. The summed E-state index contributed by atoms with van der Waals surface area (Å²) in [5.41, 5.74) is 5.34. The Labute approximate surface area is 123 Å². The third-order valence-electron chi connectivity index (χ3n) is 3.62. The van der Waals surface area contributed by atoms with Crippen molar-refractivity contribution in [1.82, 2.24) is 4.90 Å². The first kappa shape index (κ1) is 14.7. The second-order valence-corrected chi connectivity index (χ2v) is 5.61. The van der Waals surface area contributed by atoms with Crippen LogP contribution >= 0.6 is 0 Å². The van der Waals surface area contributed by atoms with Gasteiger partial charge in [-0.2, -0.15) is 0 Å². The normalized spacial score (nSPS) is 18.3. The Balaban J connectivity index is 2.34. The molecule has 2 nitrogen and oxygen atoms in total. The zero-order valence-corrected chi connectivity index (χ0v) is 13.1. The summed E-state index contributed by atoms with van der Waals surface area (Å²) in [6, 6.07) is 8.62. The van der Waals surface area contributed by atoms with E-state index in [4.69, 9.17) is 0 Å². The first-order valence-electron chi connectivity index (χ1n) is 7.61. The molecule has 0 radical (unpaired) electrons. The van der Waals surface area contributed by atoms with Crippen molar-refractivity contribution >= 4 is 5.69 Å². The van der Waals surface area contributed by atoms with Gasteiger partial charge < -0.3 is 10.2 Å². The number of fused-ring (bicyclic) bond motifs is 1. The topological polar surface area (TPSA) is 15.3 Å². The maximum Gasteiger partial charge on any atom is 0.0990 e. The molecule has 0 aromatic heterocycles. The van der Waals surface area contributed by atoms with Crippen LogP contribution in [0, 0.1) is 0 Å². The Bertz CT molecular complexity index is 510. The highest BCUT2D eigenvalue weighted by atomic mass is 15.3.